The van der Waals surface area contributed by atoms with Crippen molar-refractivity contribution in [3.8, 4) is 0 Å². The maximum Gasteiger partial charge on any atom is 0.255 e. The van der Waals surface area contributed by atoms with Crippen molar-refractivity contribution >= 4 is 33.4 Å². The van der Waals surface area contributed by atoms with Gasteiger partial charge in [-0.3, -0.25) is 9.59 Å². The van der Waals surface area contributed by atoms with Crippen molar-refractivity contribution in [3.63, 3.8) is 0 Å². The van der Waals surface area contributed by atoms with E-state index in [1.54, 1.807) is 23.9 Å². The normalized spacial score (nSPS) is 14.5. The van der Waals surface area contributed by atoms with E-state index < -0.39 is 15.9 Å². The fourth-order valence-corrected chi connectivity index (χ4v) is 4.58. The lowest BCUT2D eigenvalue weighted by Crippen LogP contribution is -2.48. The average molecular weight is 447 g/mol. The number of rotatable bonds is 9. The van der Waals surface area contributed by atoms with Crippen LogP contribution in [0.3, 0.4) is 0 Å². The van der Waals surface area contributed by atoms with Crippen molar-refractivity contribution in [2.45, 2.75) is 30.3 Å². The molecule has 0 fully saturated rings. The molecule has 160 valence electrons. The predicted octanol–water partition coefficient (Wildman–Crippen LogP) is 2.53. The van der Waals surface area contributed by atoms with Crippen LogP contribution < -0.4 is 5.32 Å². The Morgan fingerprint density at radius 2 is 1.87 bits per heavy atom. The molecule has 0 radical (unpaired) electrons. The molecule has 6 nitrogen and oxygen atoms in total. The average Bonchev–Trinajstić information content (AvgIpc) is 3.04. The van der Waals surface area contributed by atoms with Crippen LogP contribution in [-0.4, -0.2) is 56.0 Å². The van der Waals surface area contributed by atoms with E-state index in [1.807, 2.05) is 42.7 Å². The summed E-state index contributed by atoms with van der Waals surface area (Å²) in [6.45, 7) is 0.731. The van der Waals surface area contributed by atoms with Gasteiger partial charge in [0.2, 0.25) is 5.91 Å². The molecular weight excluding hydrogens is 420 g/mol. The molecule has 1 N–H and O–H groups in total. The summed E-state index contributed by atoms with van der Waals surface area (Å²) in [5.41, 5.74) is 2.53. The van der Waals surface area contributed by atoms with E-state index in [-0.39, 0.29) is 24.0 Å². The van der Waals surface area contributed by atoms with Gasteiger partial charge in [0.25, 0.3) is 5.91 Å². The largest absolute Gasteiger partial charge is 0.354 e. The highest BCUT2D eigenvalue weighted by atomic mass is 32.2. The van der Waals surface area contributed by atoms with Gasteiger partial charge >= 0.3 is 0 Å². The van der Waals surface area contributed by atoms with Crippen molar-refractivity contribution in [1.29, 1.82) is 0 Å². The van der Waals surface area contributed by atoms with Crippen LogP contribution in [0.1, 0.15) is 27.9 Å². The van der Waals surface area contributed by atoms with E-state index in [4.69, 9.17) is 0 Å². The highest BCUT2D eigenvalue weighted by molar-refractivity contribution is 7.98. The number of thioether (sulfide) groups is 1. The molecule has 30 heavy (non-hydrogen) atoms. The van der Waals surface area contributed by atoms with Crippen LogP contribution in [0.2, 0.25) is 0 Å². The number of carbonyl (C=O) groups is 2. The minimum absolute atomic E-state index is 0.0762. The van der Waals surface area contributed by atoms with Crippen LogP contribution in [0.15, 0.2) is 53.4 Å². The molecule has 3 rings (SSSR count). The molecule has 1 heterocycles. The Balaban J connectivity index is 1.67. The van der Waals surface area contributed by atoms with E-state index >= 15 is 0 Å². The number of hydrogen-bond acceptors (Lipinski definition) is 5. The molecule has 0 aliphatic carbocycles. The summed E-state index contributed by atoms with van der Waals surface area (Å²) >= 11 is 1.67. The molecular formula is C22H26N2O4S2. The van der Waals surface area contributed by atoms with Gasteiger partial charge in [0, 0.05) is 29.8 Å². The first-order valence-corrected chi connectivity index (χ1v) is 13.0. The predicted molar refractivity (Wildman–Crippen MR) is 119 cm³/mol. The fourth-order valence-electron chi connectivity index (χ4n) is 3.52. The molecule has 0 saturated heterocycles. The molecule has 2 aromatic rings. The van der Waals surface area contributed by atoms with Crippen LogP contribution in [0.4, 0.5) is 0 Å². The molecule has 1 aliphatic rings. The number of nitrogens with zero attached hydrogens (tertiary/aromatic N) is 1. The zero-order valence-corrected chi connectivity index (χ0v) is 18.8. The number of amides is 2. The van der Waals surface area contributed by atoms with Crippen molar-refractivity contribution in [3.05, 3.63) is 65.2 Å². The van der Waals surface area contributed by atoms with Gasteiger partial charge in [0.1, 0.15) is 15.9 Å². The number of sulfone groups is 1. The molecule has 0 unspecified atom stereocenters. The number of nitrogens with one attached hydrogen (secondary N) is 1. The number of hydrogen-bond donors (Lipinski definition) is 1. The third kappa shape index (κ3) is 5.64. The summed E-state index contributed by atoms with van der Waals surface area (Å²) in [4.78, 5) is 28.4. The van der Waals surface area contributed by atoms with E-state index in [2.05, 4.69) is 5.32 Å². The Bertz CT molecular complexity index is 1020. The van der Waals surface area contributed by atoms with Crippen molar-refractivity contribution in [2.24, 2.45) is 0 Å². The number of fused-ring (bicyclic) bond motifs is 1. The minimum Gasteiger partial charge on any atom is -0.354 e. The Hall–Kier alpha value is -2.32. The quantitative estimate of drug-likeness (QED) is 0.599. The smallest absolute Gasteiger partial charge is 0.255 e. The van der Waals surface area contributed by atoms with Gasteiger partial charge in [-0.05, 0) is 48.4 Å². The molecule has 0 bridgehead atoms. The van der Waals surface area contributed by atoms with Gasteiger partial charge in [-0.1, -0.05) is 30.3 Å². The maximum atomic E-state index is 12.9. The summed E-state index contributed by atoms with van der Waals surface area (Å²) in [7, 11) is -3.26. The molecule has 0 aromatic heterocycles. The van der Waals surface area contributed by atoms with Crippen LogP contribution in [0.5, 0.6) is 0 Å². The summed E-state index contributed by atoms with van der Waals surface area (Å²) in [5, 5.41) is 2.89. The van der Waals surface area contributed by atoms with E-state index in [9.17, 15) is 18.0 Å². The first kappa shape index (κ1) is 22.4. The first-order chi connectivity index (χ1) is 14.3. The number of benzene rings is 2. The first-order valence-electron chi connectivity index (χ1n) is 9.76. The fraction of sp³-hybridized carbons (Fsp3) is 0.364. The molecule has 0 spiro atoms. The Kier molecular flexibility index (Phi) is 7.20. The number of carbonyl (C=O) groups excluding carboxylic acids is 2. The van der Waals surface area contributed by atoms with Crippen LogP contribution in [0.25, 0.3) is 0 Å². The standard InChI is InChI=1S/C22H26N2O4S2/c1-29-18-9-7-16(8-10-18)11-13-23-21(25)20(12-14-30(2,27)28)24-15-17-5-3-4-6-19(17)22(24)26/h3-10,20H,11-15H2,1-2H3,(H,23,25)/t20-/m1/s1. The Morgan fingerprint density at radius 3 is 2.50 bits per heavy atom. The summed E-state index contributed by atoms with van der Waals surface area (Å²) in [5.74, 6) is -0.700. The monoisotopic (exact) mass is 446 g/mol. The summed E-state index contributed by atoms with van der Waals surface area (Å²) < 4.78 is 23.4. The highest BCUT2D eigenvalue weighted by Crippen LogP contribution is 2.25. The second-order valence-electron chi connectivity index (χ2n) is 7.41. The molecule has 1 atom stereocenters. The summed E-state index contributed by atoms with van der Waals surface area (Å²) in [6, 6.07) is 14.5. The molecule has 0 saturated carbocycles. The molecule has 2 aromatic carbocycles. The van der Waals surface area contributed by atoms with Gasteiger partial charge in [0.05, 0.1) is 5.75 Å². The summed E-state index contributed by atoms with van der Waals surface area (Å²) in [6.07, 6.45) is 3.89. The van der Waals surface area contributed by atoms with Crippen molar-refractivity contribution < 1.29 is 18.0 Å². The lowest BCUT2D eigenvalue weighted by molar-refractivity contribution is -0.125. The lowest BCUT2D eigenvalue weighted by Gasteiger charge is -2.26. The van der Waals surface area contributed by atoms with Crippen LogP contribution >= 0.6 is 11.8 Å². The van der Waals surface area contributed by atoms with E-state index in [1.165, 1.54) is 9.80 Å². The van der Waals surface area contributed by atoms with Crippen molar-refractivity contribution in [2.75, 3.05) is 24.8 Å². The lowest BCUT2D eigenvalue weighted by atomic mass is 10.1. The highest BCUT2D eigenvalue weighted by Gasteiger charge is 2.36. The van der Waals surface area contributed by atoms with Gasteiger partial charge in [-0.25, -0.2) is 8.42 Å². The van der Waals surface area contributed by atoms with Gasteiger partial charge in [-0.15, -0.1) is 11.8 Å². The zero-order chi connectivity index (χ0) is 21.7. The Morgan fingerprint density at radius 1 is 1.17 bits per heavy atom. The molecule has 2 amide bonds. The van der Waals surface area contributed by atoms with Gasteiger partial charge < -0.3 is 10.2 Å². The SMILES string of the molecule is CSc1ccc(CCNC(=O)[C@@H](CCS(C)(=O)=O)N2Cc3ccccc3C2=O)cc1. The Labute approximate surface area is 182 Å². The van der Waals surface area contributed by atoms with Crippen LogP contribution in [0, 0.1) is 0 Å². The van der Waals surface area contributed by atoms with Gasteiger partial charge in [0.15, 0.2) is 0 Å². The second kappa shape index (κ2) is 9.66. The van der Waals surface area contributed by atoms with E-state index in [0.717, 1.165) is 17.4 Å². The van der Waals surface area contributed by atoms with Gasteiger partial charge in [-0.2, -0.15) is 0 Å². The van der Waals surface area contributed by atoms with Crippen molar-refractivity contribution in [1.82, 2.24) is 10.2 Å². The molecule has 1 aliphatic heterocycles. The maximum absolute atomic E-state index is 12.9. The minimum atomic E-state index is -3.26. The van der Waals surface area contributed by atoms with E-state index in [0.29, 0.717) is 25.1 Å². The third-order valence-electron chi connectivity index (χ3n) is 5.16. The third-order valence-corrected chi connectivity index (χ3v) is 6.88. The van der Waals surface area contributed by atoms with Crippen LogP contribution in [-0.2, 0) is 27.6 Å². The zero-order valence-electron chi connectivity index (χ0n) is 17.1. The second-order valence-corrected chi connectivity index (χ2v) is 10.6. The molecule has 8 heteroatoms. The topological polar surface area (TPSA) is 83.6 Å².